The first-order valence-electron chi connectivity index (χ1n) is 11.8. The highest BCUT2D eigenvalue weighted by Crippen LogP contribution is 2.16. The van der Waals surface area contributed by atoms with Gasteiger partial charge < -0.3 is 0 Å². The molecule has 0 radical (unpaired) electrons. The van der Waals surface area contributed by atoms with Gasteiger partial charge in [0.1, 0.15) is 0 Å². The number of rotatable bonds is 11. The Morgan fingerprint density at radius 3 is 1.50 bits per heavy atom. The Morgan fingerprint density at radius 2 is 1.00 bits per heavy atom. The molecule has 0 fully saturated rings. The van der Waals surface area contributed by atoms with Crippen molar-refractivity contribution in [1.82, 2.24) is 5.01 Å². The van der Waals surface area contributed by atoms with E-state index in [-0.39, 0.29) is 5.78 Å². The zero-order chi connectivity index (χ0) is 23.4. The van der Waals surface area contributed by atoms with E-state index in [0.29, 0.717) is 6.42 Å². The molecule has 4 aromatic carbocycles. The van der Waals surface area contributed by atoms with Crippen molar-refractivity contribution in [2.45, 2.75) is 32.4 Å². The lowest BCUT2D eigenvalue weighted by Gasteiger charge is -2.22. The molecule has 4 rings (SSSR count). The van der Waals surface area contributed by atoms with Gasteiger partial charge in [0.25, 0.3) is 0 Å². The molecule has 0 aliphatic carbocycles. The Morgan fingerprint density at radius 1 is 0.559 bits per heavy atom. The summed E-state index contributed by atoms with van der Waals surface area (Å²) >= 11 is 0. The Balaban J connectivity index is 1.55. The molecular weight excluding hydrogens is 416 g/mol. The number of hydrogen-bond donors (Lipinski definition) is 0. The summed E-state index contributed by atoms with van der Waals surface area (Å²) in [5, 5.41) is 7.28. The molecule has 0 spiro atoms. The van der Waals surface area contributed by atoms with Crippen LogP contribution in [-0.2, 0) is 13.1 Å². The maximum Gasteiger partial charge on any atom is 0.162 e. The third-order valence-electron chi connectivity index (χ3n) is 5.70. The van der Waals surface area contributed by atoms with Crippen molar-refractivity contribution in [1.29, 1.82) is 0 Å². The number of carbonyl (C=O) groups excluding carboxylic acids is 1. The normalized spacial score (nSPS) is 11.2. The summed E-state index contributed by atoms with van der Waals surface area (Å²) in [6.45, 7) is 1.43. The lowest BCUT2D eigenvalue weighted by atomic mass is 10.0. The van der Waals surface area contributed by atoms with Gasteiger partial charge in [0.2, 0.25) is 0 Å². The average molecular weight is 447 g/mol. The maximum absolute atomic E-state index is 12.6. The second kappa shape index (κ2) is 12.3. The number of carbonyl (C=O) groups is 1. The maximum atomic E-state index is 12.6. The van der Waals surface area contributed by atoms with Crippen LogP contribution < -0.4 is 0 Å². The predicted molar refractivity (Wildman–Crippen MR) is 140 cm³/mol. The van der Waals surface area contributed by atoms with Crippen molar-refractivity contribution >= 4 is 11.5 Å². The number of nitrogens with zero attached hydrogens (tertiary/aromatic N) is 2. The van der Waals surface area contributed by atoms with E-state index in [0.717, 1.165) is 42.8 Å². The quantitative estimate of drug-likeness (QED) is 0.139. The molecule has 0 aliphatic rings. The fourth-order valence-corrected chi connectivity index (χ4v) is 3.95. The molecule has 3 nitrogen and oxygen atoms in total. The van der Waals surface area contributed by atoms with Gasteiger partial charge in [-0.2, -0.15) is 5.10 Å². The van der Waals surface area contributed by atoms with Gasteiger partial charge in [-0.25, -0.2) is 0 Å². The summed E-state index contributed by atoms with van der Waals surface area (Å²) in [5.41, 5.74) is 5.31. The van der Waals surface area contributed by atoms with Gasteiger partial charge in [-0.15, -0.1) is 0 Å². The van der Waals surface area contributed by atoms with Crippen LogP contribution in [0.4, 0.5) is 0 Å². The lowest BCUT2D eigenvalue weighted by Crippen LogP contribution is -2.20. The first-order valence-corrected chi connectivity index (χ1v) is 11.8. The number of ketones is 1. The summed E-state index contributed by atoms with van der Waals surface area (Å²) in [4.78, 5) is 12.6. The first kappa shape index (κ1) is 23.2. The Labute approximate surface area is 202 Å². The van der Waals surface area contributed by atoms with Crippen molar-refractivity contribution in [3.8, 4) is 0 Å². The highest BCUT2D eigenvalue weighted by molar-refractivity contribution is 6.01. The summed E-state index contributed by atoms with van der Waals surface area (Å²) in [6, 6.07) is 40.7. The number of benzene rings is 4. The minimum absolute atomic E-state index is 0.179. The number of hydrazone groups is 1. The highest BCUT2D eigenvalue weighted by Gasteiger charge is 2.11. The topological polar surface area (TPSA) is 32.7 Å². The van der Waals surface area contributed by atoms with Gasteiger partial charge in [0.15, 0.2) is 5.78 Å². The average Bonchev–Trinajstić information content (AvgIpc) is 2.90. The van der Waals surface area contributed by atoms with E-state index in [9.17, 15) is 4.79 Å². The second-order valence-corrected chi connectivity index (χ2v) is 8.35. The largest absolute Gasteiger partial charge is 0.294 e. The van der Waals surface area contributed by atoms with Crippen LogP contribution in [0.15, 0.2) is 126 Å². The van der Waals surface area contributed by atoms with Crippen LogP contribution in [0.2, 0.25) is 0 Å². The molecule has 0 saturated carbocycles. The van der Waals surface area contributed by atoms with Crippen LogP contribution in [0.3, 0.4) is 0 Å². The van der Waals surface area contributed by atoms with Crippen molar-refractivity contribution < 1.29 is 4.79 Å². The second-order valence-electron chi connectivity index (χ2n) is 8.35. The zero-order valence-electron chi connectivity index (χ0n) is 19.4. The van der Waals surface area contributed by atoms with Crippen molar-refractivity contribution in [2.24, 2.45) is 5.10 Å². The van der Waals surface area contributed by atoms with E-state index >= 15 is 0 Å². The molecule has 0 unspecified atom stereocenters. The molecular formula is C31H30N2O. The van der Waals surface area contributed by atoms with Crippen molar-refractivity contribution in [2.75, 3.05) is 0 Å². The van der Waals surface area contributed by atoms with Gasteiger partial charge in [-0.1, -0.05) is 121 Å². The zero-order valence-corrected chi connectivity index (χ0v) is 19.4. The van der Waals surface area contributed by atoms with Crippen molar-refractivity contribution in [3.05, 3.63) is 144 Å². The van der Waals surface area contributed by atoms with E-state index in [4.69, 9.17) is 5.10 Å². The monoisotopic (exact) mass is 446 g/mol. The number of hydrogen-bond acceptors (Lipinski definition) is 3. The molecule has 0 N–H and O–H groups in total. The molecule has 4 aromatic rings. The third-order valence-corrected chi connectivity index (χ3v) is 5.70. The molecule has 34 heavy (non-hydrogen) atoms. The SMILES string of the molecule is O=C(CCC/C(=N\N(Cc1ccccc1)Cc1ccccc1)c1ccccc1)c1ccccc1. The van der Waals surface area contributed by atoms with E-state index in [2.05, 4.69) is 65.7 Å². The smallest absolute Gasteiger partial charge is 0.162 e. The van der Waals surface area contributed by atoms with Gasteiger partial charge in [-0.05, 0) is 29.5 Å². The minimum atomic E-state index is 0.179. The van der Waals surface area contributed by atoms with Crippen LogP contribution in [0.1, 0.15) is 46.3 Å². The van der Waals surface area contributed by atoms with Crippen LogP contribution >= 0.6 is 0 Å². The summed E-state index contributed by atoms with van der Waals surface area (Å²) in [6.07, 6.45) is 2.00. The Hall–Kier alpha value is -3.98. The van der Waals surface area contributed by atoms with E-state index in [1.807, 2.05) is 60.7 Å². The van der Waals surface area contributed by atoms with Crippen LogP contribution in [0, 0.1) is 0 Å². The Kier molecular flexibility index (Phi) is 8.40. The Bertz CT molecular complexity index is 1130. The minimum Gasteiger partial charge on any atom is -0.294 e. The predicted octanol–water partition coefficient (Wildman–Crippen LogP) is 7.15. The lowest BCUT2D eigenvalue weighted by molar-refractivity contribution is 0.0981. The van der Waals surface area contributed by atoms with E-state index < -0.39 is 0 Å². The molecule has 170 valence electrons. The molecule has 0 heterocycles. The molecule has 0 bridgehead atoms. The standard InChI is InChI=1S/C31H30N2O/c34-31(29-20-11-4-12-21-29)23-13-22-30(28-18-9-3-10-19-28)32-33(24-26-14-5-1-6-15-26)25-27-16-7-2-8-17-27/h1-12,14-21H,13,22-25H2/b32-30+. The fourth-order valence-electron chi connectivity index (χ4n) is 3.95. The summed E-state index contributed by atoms with van der Waals surface area (Å²) in [5.74, 6) is 0.179. The molecule has 3 heteroatoms. The van der Waals surface area contributed by atoms with Gasteiger partial charge in [0.05, 0.1) is 18.8 Å². The highest BCUT2D eigenvalue weighted by atomic mass is 16.1. The van der Waals surface area contributed by atoms with Crippen molar-refractivity contribution in [3.63, 3.8) is 0 Å². The summed E-state index contributed by atoms with van der Waals surface area (Å²) in [7, 11) is 0. The summed E-state index contributed by atoms with van der Waals surface area (Å²) < 4.78 is 0. The molecule has 0 aliphatic heterocycles. The van der Waals surface area contributed by atoms with E-state index in [1.54, 1.807) is 0 Å². The van der Waals surface area contributed by atoms with E-state index in [1.165, 1.54) is 11.1 Å². The number of Topliss-reactive ketones (excluding diaryl/α,β-unsaturated/α-hetero) is 1. The molecule has 0 atom stereocenters. The molecule has 0 saturated heterocycles. The first-order chi connectivity index (χ1) is 16.8. The van der Waals surface area contributed by atoms with Gasteiger partial charge >= 0.3 is 0 Å². The van der Waals surface area contributed by atoms with Crippen LogP contribution in [0.25, 0.3) is 0 Å². The third kappa shape index (κ3) is 7.01. The molecule has 0 amide bonds. The van der Waals surface area contributed by atoms with Crippen LogP contribution in [-0.4, -0.2) is 16.5 Å². The van der Waals surface area contributed by atoms with Gasteiger partial charge in [0, 0.05) is 12.0 Å². The van der Waals surface area contributed by atoms with Crippen LogP contribution in [0.5, 0.6) is 0 Å². The fraction of sp³-hybridized carbons (Fsp3) is 0.161. The van der Waals surface area contributed by atoms with Gasteiger partial charge in [-0.3, -0.25) is 9.80 Å². The molecule has 0 aromatic heterocycles.